The summed E-state index contributed by atoms with van der Waals surface area (Å²) in [4.78, 5) is 13.8. The van der Waals surface area contributed by atoms with Crippen LogP contribution in [0.2, 0.25) is 0 Å². The summed E-state index contributed by atoms with van der Waals surface area (Å²) in [5.41, 5.74) is 2.24. The maximum absolute atomic E-state index is 13.8. The summed E-state index contributed by atoms with van der Waals surface area (Å²) in [6, 6.07) is 11.1. The number of aliphatic hydroxyl groups excluding tert-OH is 3. The van der Waals surface area contributed by atoms with Crippen molar-refractivity contribution in [2.24, 2.45) is 0 Å². The molecule has 1 aliphatic heterocycles. The highest BCUT2D eigenvalue weighted by atomic mass is 19.1. The number of aliphatic hydroxyl groups is 3. The van der Waals surface area contributed by atoms with Gasteiger partial charge in [0.2, 0.25) is 0 Å². The van der Waals surface area contributed by atoms with E-state index in [0.29, 0.717) is 42.0 Å². The number of rotatable bonds is 9. The molecule has 2 aromatic carbocycles. The third-order valence-corrected chi connectivity index (χ3v) is 8.70. The van der Waals surface area contributed by atoms with Crippen LogP contribution in [0.3, 0.4) is 0 Å². The highest BCUT2D eigenvalue weighted by molar-refractivity contribution is 5.82. The van der Waals surface area contributed by atoms with Crippen molar-refractivity contribution in [3.63, 3.8) is 0 Å². The van der Waals surface area contributed by atoms with Crippen LogP contribution in [-0.2, 0) is 14.3 Å². The molecule has 0 unspecified atom stereocenters. The molecule has 0 spiro atoms. The van der Waals surface area contributed by atoms with E-state index in [1.54, 1.807) is 30.1 Å². The molecule has 244 valence electrons. The lowest BCUT2D eigenvalue weighted by molar-refractivity contribution is -0.213. The van der Waals surface area contributed by atoms with E-state index in [2.05, 4.69) is 25.9 Å². The van der Waals surface area contributed by atoms with Gasteiger partial charge in [0.15, 0.2) is 6.10 Å². The Kier molecular flexibility index (Phi) is 9.37. The molecule has 4 N–H and O–H groups in total. The number of ether oxygens (including phenoxy) is 3. The molecule has 2 aromatic heterocycles. The summed E-state index contributed by atoms with van der Waals surface area (Å²) in [6.45, 7) is -0.584. The molecule has 2 fully saturated rings. The van der Waals surface area contributed by atoms with Crippen molar-refractivity contribution in [3.05, 3.63) is 66.7 Å². The Hall–Kier alpha value is -4.28. The van der Waals surface area contributed by atoms with Crippen molar-refractivity contribution < 1.29 is 38.7 Å². The normalized spacial score (nSPS) is 28.1. The molecule has 1 saturated heterocycles. The van der Waals surface area contributed by atoms with Crippen LogP contribution in [0.15, 0.2) is 60.9 Å². The Morgan fingerprint density at radius 1 is 1.00 bits per heavy atom. The summed E-state index contributed by atoms with van der Waals surface area (Å²) in [5, 5.41) is 52.3. The molecular formula is C31H36FN7O7. The van der Waals surface area contributed by atoms with Gasteiger partial charge >= 0.3 is 0 Å². The first-order chi connectivity index (χ1) is 22.3. The zero-order valence-electron chi connectivity index (χ0n) is 25.3. The van der Waals surface area contributed by atoms with Crippen molar-refractivity contribution in [2.45, 2.75) is 67.9 Å². The van der Waals surface area contributed by atoms with E-state index in [4.69, 9.17) is 14.2 Å². The minimum Gasteiger partial charge on any atom is -0.497 e. The maximum atomic E-state index is 13.8. The number of halogens is 1. The van der Waals surface area contributed by atoms with Crippen molar-refractivity contribution in [2.75, 3.05) is 20.8 Å². The average Bonchev–Trinajstić information content (AvgIpc) is 3.76. The summed E-state index contributed by atoms with van der Waals surface area (Å²) < 4.78 is 33.6. The van der Waals surface area contributed by atoms with Gasteiger partial charge in [-0.15, -0.1) is 10.2 Å². The molecule has 1 amide bonds. The van der Waals surface area contributed by atoms with Crippen LogP contribution in [0, 0.1) is 5.82 Å². The van der Waals surface area contributed by atoms with Crippen LogP contribution in [-0.4, -0.2) is 109 Å². The fraction of sp³-hybridized carbons (Fsp3) is 0.452. The van der Waals surface area contributed by atoms with E-state index in [1.165, 1.54) is 30.1 Å². The lowest BCUT2D eigenvalue weighted by Crippen LogP contribution is -2.62. The fourth-order valence-electron chi connectivity index (χ4n) is 6.30. The van der Waals surface area contributed by atoms with E-state index in [9.17, 15) is 24.5 Å². The average molecular weight is 638 g/mol. The molecule has 14 nitrogen and oxygen atoms in total. The first-order valence-electron chi connectivity index (χ1n) is 15.0. The second-order valence-electron chi connectivity index (χ2n) is 11.5. The molecule has 15 heteroatoms. The Balaban J connectivity index is 1.19. The topological polar surface area (TPSA) is 179 Å². The van der Waals surface area contributed by atoms with Crippen molar-refractivity contribution in [3.8, 4) is 28.3 Å². The number of carbonyl (C=O) groups excluding carboxylic acids is 1. The Labute approximate surface area is 263 Å². The predicted octanol–water partition coefficient (Wildman–Crippen LogP) is 1.30. The van der Waals surface area contributed by atoms with Crippen molar-refractivity contribution in [1.29, 1.82) is 0 Å². The molecule has 3 heterocycles. The standard InChI is InChI=1S/C31H36FN7O7/c1-44-20-9-4-7-18(13-20)22-14-38(36-34-22)24-11-5-10-21(27(24)41)33-31(43)30-29(45-2)26(28(42)25(16-40)46-30)39-15-23(35-37-39)17-6-3-8-19(32)12-17/h3-4,6-9,12-15,21,24-30,40-42H,5,10-11,16H2,1-2H3,(H,33,43)/t21-,24+,25+,26-,27+,28-,29+,30+/m0/s1. The number of nitrogens with zero attached hydrogens (tertiary/aromatic N) is 6. The third kappa shape index (κ3) is 6.24. The van der Waals surface area contributed by atoms with Crippen LogP contribution >= 0.6 is 0 Å². The van der Waals surface area contributed by atoms with E-state index in [0.717, 1.165) is 5.56 Å². The number of hydrogen-bond acceptors (Lipinski definition) is 11. The number of carbonyl (C=O) groups is 1. The van der Waals surface area contributed by atoms with Gasteiger partial charge < -0.3 is 34.8 Å². The minimum absolute atomic E-state index is 0.341. The van der Waals surface area contributed by atoms with E-state index < -0.39 is 67.0 Å². The largest absolute Gasteiger partial charge is 0.497 e. The summed E-state index contributed by atoms with van der Waals surface area (Å²) in [7, 11) is 2.95. The van der Waals surface area contributed by atoms with Crippen LogP contribution in [0.25, 0.3) is 22.5 Å². The molecule has 0 bridgehead atoms. The van der Waals surface area contributed by atoms with Crippen LogP contribution in [0.4, 0.5) is 4.39 Å². The summed E-state index contributed by atoms with van der Waals surface area (Å²) in [6.07, 6.45) is -0.725. The quantitative estimate of drug-likeness (QED) is 0.208. The van der Waals surface area contributed by atoms with Gasteiger partial charge in [0.1, 0.15) is 47.3 Å². The fourth-order valence-corrected chi connectivity index (χ4v) is 6.30. The monoisotopic (exact) mass is 637 g/mol. The highest BCUT2D eigenvalue weighted by Crippen LogP contribution is 2.34. The number of nitrogens with one attached hydrogen (secondary N) is 1. The zero-order chi connectivity index (χ0) is 32.4. The predicted molar refractivity (Wildman–Crippen MR) is 160 cm³/mol. The third-order valence-electron chi connectivity index (χ3n) is 8.70. The number of hydrogen-bond donors (Lipinski definition) is 4. The Morgan fingerprint density at radius 2 is 1.70 bits per heavy atom. The smallest absolute Gasteiger partial charge is 0.252 e. The number of benzene rings is 2. The van der Waals surface area contributed by atoms with E-state index in [-0.39, 0.29) is 0 Å². The minimum atomic E-state index is -1.32. The van der Waals surface area contributed by atoms with Crippen LogP contribution in [0.1, 0.15) is 31.3 Å². The van der Waals surface area contributed by atoms with Gasteiger partial charge in [-0.2, -0.15) is 0 Å². The van der Waals surface area contributed by atoms with Gasteiger partial charge in [-0.25, -0.2) is 13.8 Å². The number of amides is 1. The lowest BCUT2D eigenvalue weighted by atomic mass is 9.87. The van der Waals surface area contributed by atoms with Crippen LogP contribution < -0.4 is 10.1 Å². The van der Waals surface area contributed by atoms with E-state index in [1.807, 2.05) is 24.3 Å². The first-order valence-corrected chi connectivity index (χ1v) is 15.0. The molecule has 1 aliphatic carbocycles. The van der Waals surface area contributed by atoms with Gasteiger partial charge in [0.05, 0.1) is 44.3 Å². The van der Waals surface area contributed by atoms with Crippen molar-refractivity contribution in [1.82, 2.24) is 35.3 Å². The zero-order valence-corrected chi connectivity index (χ0v) is 25.3. The molecule has 0 radical (unpaired) electrons. The first kappa shape index (κ1) is 31.7. The molecule has 46 heavy (non-hydrogen) atoms. The summed E-state index contributed by atoms with van der Waals surface area (Å²) >= 11 is 0. The van der Waals surface area contributed by atoms with Crippen molar-refractivity contribution >= 4 is 5.91 Å². The lowest BCUT2D eigenvalue weighted by Gasteiger charge is -2.43. The van der Waals surface area contributed by atoms with E-state index >= 15 is 0 Å². The molecule has 1 saturated carbocycles. The molecular weight excluding hydrogens is 601 g/mol. The Morgan fingerprint density at radius 3 is 2.39 bits per heavy atom. The van der Waals surface area contributed by atoms with Gasteiger partial charge in [-0.05, 0) is 43.5 Å². The second kappa shape index (κ2) is 13.6. The van der Waals surface area contributed by atoms with Gasteiger partial charge in [-0.1, -0.05) is 34.7 Å². The number of methoxy groups -OCH3 is 2. The SMILES string of the molecule is COc1cccc(-c2cn([C@@H]3CCC[C@H](NC(=O)[C@@H]4O[C@H](CO)[C@H](O)[C@H](n5cc(-c6cccc(F)c6)nn5)[C@H]4OC)[C@H]3O)nn2)c1. The van der Waals surface area contributed by atoms with Gasteiger partial charge in [0, 0.05) is 18.2 Å². The second-order valence-corrected chi connectivity index (χ2v) is 11.5. The van der Waals surface area contributed by atoms with Gasteiger partial charge in [0.25, 0.3) is 5.91 Å². The molecule has 2 aliphatic rings. The van der Waals surface area contributed by atoms with Crippen LogP contribution in [0.5, 0.6) is 5.75 Å². The molecule has 6 rings (SSSR count). The summed E-state index contributed by atoms with van der Waals surface area (Å²) in [5.74, 6) is -0.354. The maximum Gasteiger partial charge on any atom is 0.252 e. The molecule has 4 aromatic rings. The Bertz CT molecular complexity index is 1650. The van der Waals surface area contributed by atoms with Gasteiger partial charge in [-0.3, -0.25) is 4.79 Å². The number of aromatic nitrogens is 6. The highest BCUT2D eigenvalue weighted by Gasteiger charge is 2.50. The molecule has 8 atom stereocenters.